The summed E-state index contributed by atoms with van der Waals surface area (Å²) in [5, 5.41) is 10.4. The van der Waals surface area contributed by atoms with Gasteiger partial charge in [0.2, 0.25) is 0 Å². The average Bonchev–Trinajstić information content (AvgIpc) is 2.87. The van der Waals surface area contributed by atoms with Gasteiger partial charge in [-0.05, 0) is 85.0 Å². The van der Waals surface area contributed by atoms with Crippen LogP contribution in [0, 0.1) is 23.3 Å². The molecule has 3 aliphatic carbocycles. The fourth-order valence-corrected chi connectivity index (χ4v) is 5.69. The Bertz CT molecular complexity index is 657. The van der Waals surface area contributed by atoms with Crippen LogP contribution < -0.4 is 4.74 Å². The van der Waals surface area contributed by atoms with Crippen LogP contribution in [-0.4, -0.2) is 24.0 Å². The van der Waals surface area contributed by atoms with Gasteiger partial charge in [-0.3, -0.25) is 0 Å². The molecule has 3 aliphatic rings. The Balaban J connectivity index is 1.59. The number of ether oxygens (including phenoxy) is 1. The van der Waals surface area contributed by atoms with Gasteiger partial charge in [0.1, 0.15) is 5.75 Å². The maximum absolute atomic E-state index is 12.4. The van der Waals surface area contributed by atoms with Crippen molar-refractivity contribution >= 4 is 0 Å². The third-order valence-electron chi connectivity index (χ3n) is 6.97. The van der Waals surface area contributed by atoms with Gasteiger partial charge in [-0.25, -0.2) is 0 Å². The lowest BCUT2D eigenvalue weighted by atomic mass is 9.55. The third kappa shape index (κ3) is 2.94. The lowest BCUT2D eigenvalue weighted by Crippen LogP contribution is -2.43. The first kappa shape index (κ1) is 17.2. The number of aliphatic hydroxyl groups excluding tert-OH is 1. The molecule has 0 aromatic heterocycles. The number of fused-ring (bicyclic) bond motifs is 5. The van der Waals surface area contributed by atoms with Crippen LogP contribution in [0.3, 0.4) is 0 Å². The Labute approximate surface area is 146 Å². The van der Waals surface area contributed by atoms with Gasteiger partial charge in [0.05, 0.1) is 6.10 Å². The molecule has 0 unspecified atom stereocenters. The molecule has 0 amide bonds. The second-order valence-electron chi connectivity index (χ2n) is 8.23. The van der Waals surface area contributed by atoms with Crippen molar-refractivity contribution in [2.24, 2.45) is 17.3 Å². The van der Waals surface area contributed by atoms with E-state index in [2.05, 4.69) is 13.0 Å². The quantitative estimate of drug-likeness (QED) is 0.839. The standard InChI is InChI=1S/C20H24F3O2/c1-19-9-8-14-15(17(19)6-7-18(19)24)5-3-12-2-4-13(10-16(12)14)25-11-20(21,22)23/h2,10,14-15,17-18,24H,3,5-9,11H2,1H3/t14-,15+,17-,18+,19-/m0/s1. The van der Waals surface area contributed by atoms with Gasteiger partial charge in [0, 0.05) is 6.07 Å². The predicted octanol–water partition coefficient (Wildman–Crippen LogP) is 4.64. The maximum Gasteiger partial charge on any atom is 0.422 e. The number of rotatable bonds is 2. The molecule has 2 saturated carbocycles. The van der Waals surface area contributed by atoms with Crippen LogP contribution in [0.2, 0.25) is 0 Å². The molecule has 0 saturated heterocycles. The molecule has 25 heavy (non-hydrogen) atoms. The molecule has 1 radical (unpaired) electrons. The van der Waals surface area contributed by atoms with Crippen molar-refractivity contribution in [3.8, 4) is 5.75 Å². The summed E-state index contributed by atoms with van der Waals surface area (Å²) in [7, 11) is 0. The molecule has 0 spiro atoms. The smallest absolute Gasteiger partial charge is 0.422 e. The molecular weight excluding hydrogens is 329 g/mol. The summed E-state index contributed by atoms with van der Waals surface area (Å²) in [4.78, 5) is 0. The van der Waals surface area contributed by atoms with Crippen LogP contribution in [0.1, 0.15) is 56.1 Å². The molecular formula is C20H24F3O2. The zero-order chi connectivity index (χ0) is 17.8. The molecule has 5 atom stereocenters. The minimum atomic E-state index is -4.33. The van der Waals surface area contributed by atoms with Crippen LogP contribution in [0.5, 0.6) is 5.75 Å². The van der Waals surface area contributed by atoms with Crippen molar-refractivity contribution in [1.82, 2.24) is 0 Å². The molecule has 0 heterocycles. The van der Waals surface area contributed by atoms with Crippen LogP contribution >= 0.6 is 0 Å². The van der Waals surface area contributed by atoms with Crippen LogP contribution in [0.4, 0.5) is 13.2 Å². The molecule has 4 rings (SSSR count). The van der Waals surface area contributed by atoms with Gasteiger partial charge in [0.25, 0.3) is 0 Å². The van der Waals surface area contributed by atoms with E-state index in [1.165, 1.54) is 5.56 Å². The number of alkyl halides is 3. The van der Waals surface area contributed by atoms with Gasteiger partial charge in [0.15, 0.2) is 6.61 Å². The SMILES string of the molecule is C[C@]12CC[C@@H]3c4cc(OCC(F)(F)F)[c]cc4CC[C@H]3[C@@H]1CC[C@H]2O. The van der Waals surface area contributed by atoms with E-state index in [1.807, 2.05) is 6.07 Å². The first-order chi connectivity index (χ1) is 11.8. The van der Waals surface area contributed by atoms with Gasteiger partial charge in [-0.1, -0.05) is 6.92 Å². The predicted molar refractivity (Wildman–Crippen MR) is 87.5 cm³/mol. The van der Waals surface area contributed by atoms with Crippen LogP contribution in [-0.2, 0) is 6.42 Å². The second kappa shape index (κ2) is 5.90. The molecule has 0 bridgehead atoms. The fourth-order valence-electron chi connectivity index (χ4n) is 5.69. The van der Waals surface area contributed by atoms with Crippen molar-refractivity contribution in [2.45, 2.75) is 63.6 Å². The molecule has 2 fully saturated rings. The number of aryl methyl sites for hydroxylation is 1. The Morgan fingerprint density at radius 3 is 2.84 bits per heavy atom. The molecule has 137 valence electrons. The Kier molecular flexibility index (Phi) is 4.06. The summed E-state index contributed by atoms with van der Waals surface area (Å²) < 4.78 is 42.2. The van der Waals surface area contributed by atoms with E-state index >= 15 is 0 Å². The summed E-state index contributed by atoms with van der Waals surface area (Å²) in [6.07, 6.45) is 1.40. The molecule has 1 N–H and O–H groups in total. The van der Waals surface area contributed by atoms with E-state index in [0.717, 1.165) is 44.1 Å². The van der Waals surface area contributed by atoms with Gasteiger partial charge in [-0.2, -0.15) is 13.2 Å². The molecule has 0 aliphatic heterocycles. The number of hydrogen-bond donors (Lipinski definition) is 1. The van der Waals surface area contributed by atoms with Gasteiger partial charge < -0.3 is 9.84 Å². The normalized spacial score (nSPS) is 37.2. The number of hydrogen-bond acceptors (Lipinski definition) is 2. The van der Waals surface area contributed by atoms with Crippen molar-refractivity contribution in [3.05, 3.63) is 29.3 Å². The molecule has 2 nitrogen and oxygen atoms in total. The summed E-state index contributed by atoms with van der Waals surface area (Å²) in [5.74, 6) is 1.59. The maximum atomic E-state index is 12.4. The summed E-state index contributed by atoms with van der Waals surface area (Å²) in [6.45, 7) is 0.945. The number of benzene rings is 1. The highest BCUT2D eigenvalue weighted by molar-refractivity contribution is 5.40. The second-order valence-corrected chi connectivity index (χ2v) is 8.23. The fraction of sp³-hybridized carbons (Fsp3) is 0.700. The number of halogens is 3. The summed E-state index contributed by atoms with van der Waals surface area (Å²) in [5.41, 5.74) is 2.35. The van der Waals surface area contributed by atoms with Crippen molar-refractivity contribution in [1.29, 1.82) is 0 Å². The van der Waals surface area contributed by atoms with Crippen molar-refractivity contribution in [2.75, 3.05) is 6.61 Å². The molecule has 1 aromatic rings. The van der Waals surface area contributed by atoms with Crippen LogP contribution in [0.15, 0.2) is 12.1 Å². The zero-order valence-corrected chi connectivity index (χ0v) is 14.4. The first-order valence-corrected chi connectivity index (χ1v) is 9.20. The highest BCUT2D eigenvalue weighted by atomic mass is 19.4. The van der Waals surface area contributed by atoms with Crippen molar-refractivity contribution in [3.63, 3.8) is 0 Å². The largest absolute Gasteiger partial charge is 0.483 e. The van der Waals surface area contributed by atoms with E-state index in [-0.39, 0.29) is 17.3 Å². The molecule has 5 heteroatoms. The Morgan fingerprint density at radius 1 is 1.28 bits per heavy atom. The van der Waals surface area contributed by atoms with Gasteiger partial charge >= 0.3 is 6.18 Å². The monoisotopic (exact) mass is 353 g/mol. The lowest BCUT2D eigenvalue weighted by molar-refractivity contribution is -0.153. The van der Waals surface area contributed by atoms with E-state index in [9.17, 15) is 18.3 Å². The zero-order valence-electron chi connectivity index (χ0n) is 14.4. The summed E-state index contributed by atoms with van der Waals surface area (Å²) in [6, 6.07) is 6.46. The van der Waals surface area contributed by atoms with Gasteiger partial charge in [-0.15, -0.1) is 0 Å². The average molecular weight is 353 g/mol. The highest BCUT2D eigenvalue weighted by Gasteiger charge is 2.54. The third-order valence-corrected chi connectivity index (χ3v) is 6.97. The number of aliphatic hydroxyl groups is 1. The van der Waals surface area contributed by atoms with E-state index < -0.39 is 12.8 Å². The Morgan fingerprint density at radius 2 is 2.08 bits per heavy atom. The van der Waals surface area contributed by atoms with E-state index in [1.54, 1.807) is 6.07 Å². The first-order valence-electron chi connectivity index (χ1n) is 9.20. The minimum absolute atomic E-state index is 0.00912. The highest BCUT2D eigenvalue weighted by Crippen LogP contribution is 2.60. The van der Waals surface area contributed by atoms with E-state index in [0.29, 0.717) is 17.8 Å². The van der Waals surface area contributed by atoms with Crippen LogP contribution in [0.25, 0.3) is 0 Å². The lowest BCUT2D eigenvalue weighted by Gasteiger charge is -2.50. The van der Waals surface area contributed by atoms with E-state index in [4.69, 9.17) is 4.74 Å². The molecule has 1 aromatic carbocycles. The van der Waals surface area contributed by atoms with Crippen molar-refractivity contribution < 1.29 is 23.0 Å². The minimum Gasteiger partial charge on any atom is -0.483 e. The Hall–Kier alpha value is -1.23. The topological polar surface area (TPSA) is 29.5 Å². The summed E-state index contributed by atoms with van der Waals surface area (Å²) >= 11 is 0.